The number of aryl methyl sites for hydroxylation is 1. The number of carbonyl (C=O) groups excluding carboxylic acids is 1. The number of piperidine rings is 1. The van der Waals surface area contributed by atoms with Crippen molar-refractivity contribution in [2.45, 2.75) is 32.4 Å². The number of amides is 2. The van der Waals surface area contributed by atoms with Gasteiger partial charge in [0.15, 0.2) is 0 Å². The summed E-state index contributed by atoms with van der Waals surface area (Å²) in [4.78, 5) is 26.1. The number of halogens is 1. The molecule has 4 aromatic rings. The van der Waals surface area contributed by atoms with Crippen molar-refractivity contribution in [2.24, 2.45) is 4.40 Å². The lowest BCUT2D eigenvalue weighted by atomic mass is 10.0. The van der Waals surface area contributed by atoms with E-state index in [0.717, 1.165) is 24.3 Å². The quantitative estimate of drug-likeness (QED) is 0.281. The summed E-state index contributed by atoms with van der Waals surface area (Å²) in [5.74, 6) is 0.507. The minimum atomic E-state index is -3.70. The van der Waals surface area contributed by atoms with Gasteiger partial charge in [-0.2, -0.15) is 12.8 Å². The molecule has 0 atom stereocenters. The molecule has 0 radical (unpaired) electrons. The van der Waals surface area contributed by atoms with Gasteiger partial charge in [0.25, 0.3) is 0 Å². The van der Waals surface area contributed by atoms with Crippen molar-refractivity contribution in [2.75, 3.05) is 28.0 Å². The molecule has 0 saturated carbocycles. The van der Waals surface area contributed by atoms with Crippen LogP contribution < -0.4 is 19.7 Å². The van der Waals surface area contributed by atoms with Gasteiger partial charge in [-0.25, -0.2) is 14.2 Å². The summed E-state index contributed by atoms with van der Waals surface area (Å²) in [6.07, 6.45) is 6.07. The van der Waals surface area contributed by atoms with Crippen molar-refractivity contribution in [1.82, 2.24) is 14.9 Å². The van der Waals surface area contributed by atoms with Crippen molar-refractivity contribution >= 4 is 39.5 Å². The van der Waals surface area contributed by atoms with Gasteiger partial charge in [-0.1, -0.05) is 12.1 Å². The highest BCUT2D eigenvalue weighted by Gasteiger charge is 2.30. The molecular weight excluding hydrogens is 585 g/mol. The number of nitrogens with zero attached hydrogens (tertiary/aromatic N) is 5. The molecule has 0 aliphatic carbocycles. The van der Waals surface area contributed by atoms with Crippen LogP contribution in [0.15, 0.2) is 83.5 Å². The lowest BCUT2D eigenvalue weighted by Crippen LogP contribution is -2.49. The molecule has 13 heteroatoms. The highest BCUT2D eigenvalue weighted by atomic mass is 32.2. The number of anilines is 3. The van der Waals surface area contributed by atoms with E-state index in [0.29, 0.717) is 53.6 Å². The summed E-state index contributed by atoms with van der Waals surface area (Å²) >= 11 is 0. The van der Waals surface area contributed by atoms with E-state index < -0.39 is 16.0 Å². The monoisotopic (exact) mass is 615 g/mol. The molecule has 2 amide bonds. The molecule has 44 heavy (non-hydrogen) atoms. The number of urea groups is 1. The van der Waals surface area contributed by atoms with Gasteiger partial charge < -0.3 is 10.1 Å². The first-order valence-corrected chi connectivity index (χ1v) is 15.5. The van der Waals surface area contributed by atoms with E-state index in [1.165, 1.54) is 18.3 Å². The summed E-state index contributed by atoms with van der Waals surface area (Å²) in [6.45, 7) is 4.04. The molecule has 4 heterocycles. The first-order chi connectivity index (χ1) is 21.2. The van der Waals surface area contributed by atoms with E-state index in [9.17, 15) is 17.6 Å². The smallest absolute Gasteiger partial charge is 0.342 e. The molecule has 2 aliphatic heterocycles. The molecule has 11 nitrogen and oxygen atoms in total. The number of pyridine rings is 2. The molecule has 1 fully saturated rings. The number of benzene rings is 2. The summed E-state index contributed by atoms with van der Waals surface area (Å²) in [5, 5.41) is 2.91. The number of carbonyl (C=O) groups is 1. The van der Waals surface area contributed by atoms with Gasteiger partial charge in [-0.15, -0.1) is 0 Å². The average Bonchev–Trinajstić information content (AvgIpc) is 3.00. The molecule has 2 aromatic carbocycles. The van der Waals surface area contributed by atoms with Crippen LogP contribution in [0.5, 0.6) is 11.6 Å². The van der Waals surface area contributed by atoms with Gasteiger partial charge >= 0.3 is 16.2 Å². The Balaban J connectivity index is 1.07. The van der Waals surface area contributed by atoms with Gasteiger partial charge in [0, 0.05) is 54.9 Å². The zero-order valence-electron chi connectivity index (χ0n) is 23.9. The fourth-order valence-corrected chi connectivity index (χ4v) is 5.99. The second kappa shape index (κ2) is 12.4. The number of ether oxygens (including phenoxy) is 1. The Hall–Kier alpha value is -4.88. The summed E-state index contributed by atoms with van der Waals surface area (Å²) in [5.41, 5.74) is 3.97. The molecule has 1 saturated heterocycles. The van der Waals surface area contributed by atoms with Gasteiger partial charge in [-0.3, -0.25) is 19.5 Å². The van der Waals surface area contributed by atoms with Crippen molar-refractivity contribution in [3.8, 4) is 11.6 Å². The van der Waals surface area contributed by atoms with Crippen LogP contribution in [0.25, 0.3) is 0 Å². The Labute approximate surface area is 254 Å². The second-order valence-corrected chi connectivity index (χ2v) is 12.0. The van der Waals surface area contributed by atoms with Crippen LogP contribution in [0.4, 0.5) is 26.2 Å². The van der Waals surface area contributed by atoms with E-state index in [4.69, 9.17) is 4.74 Å². The number of fused-ring (bicyclic) bond motifs is 1. The van der Waals surface area contributed by atoms with E-state index >= 15 is 0 Å². The number of rotatable bonds is 7. The molecule has 6 rings (SSSR count). The normalized spacial score (nSPS) is 16.0. The minimum absolute atomic E-state index is 0.114. The van der Waals surface area contributed by atoms with Gasteiger partial charge in [0.05, 0.1) is 23.8 Å². The lowest BCUT2D eigenvalue weighted by molar-refractivity contribution is 0.199. The number of hydrogen-bond acceptors (Lipinski definition) is 7. The predicted molar refractivity (Wildman–Crippen MR) is 166 cm³/mol. The van der Waals surface area contributed by atoms with Gasteiger partial charge in [-0.05, 0) is 73.9 Å². The number of nitrogens with one attached hydrogen (secondary N) is 2. The van der Waals surface area contributed by atoms with Crippen LogP contribution in [0, 0.1) is 12.7 Å². The summed E-state index contributed by atoms with van der Waals surface area (Å²) < 4.78 is 49.1. The highest BCUT2D eigenvalue weighted by molar-refractivity contribution is 7.91. The highest BCUT2D eigenvalue weighted by Crippen LogP contribution is 2.29. The molecule has 0 unspecified atom stereocenters. The van der Waals surface area contributed by atoms with Crippen molar-refractivity contribution < 1.29 is 22.3 Å². The topological polar surface area (TPSA) is 129 Å². The van der Waals surface area contributed by atoms with E-state index in [1.807, 2.05) is 19.1 Å². The molecule has 2 N–H and O–H groups in total. The average molecular weight is 616 g/mol. The third-order valence-corrected chi connectivity index (χ3v) is 8.27. The molecular formula is C31H30FN7O4S. The maximum atomic E-state index is 14.2. The molecule has 2 aliphatic rings. The fourth-order valence-electron chi connectivity index (χ4n) is 5.22. The van der Waals surface area contributed by atoms with E-state index in [2.05, 4.69) is 29.3 Å². The Bertz CT molecular complexity index is 1790. The lowest BCUT2D eigenvalue weighted by Gasteiger charge is -2.38. The van der Waals surface area contributed by atoms with Crippen molar-refractivity contribution in [1.29, 1.82) is 0 Å². The molecule has 0 spiro atoms. The zero-order valence-corrected chi connectivity index (χ0v) is 24.7. The first-order valence-electron chi connectivity index (χ1n) is 14.1. The second-order valence-electron chi connectivity index (χ2n) is 10.6. The van der Waals surface area contributed by atoms with Gasteiger partial charge in [0.1, 0.15) is 11.6 Å². The Morgan fingerprint density at radius 2 is 1.91 bits per heavy atom. The summed E-state index contributed by atoms with van der Waals surface area (Å²) in [6, 6.07) is 18.0. The Morgan fingerprint density at radius 1 is 1.07 bits per heavy atom. The maximum absolute atomic E-state index is 14.2. The fraction of sp³-hybridized carbons (Fsp3) is 0.226. The zero-order chi connectivity index (χ0) is 30.7. The maximum Gasteiger partial charge on any atom is 0.342 e. The number of aromatic nitrogens is 2. The van der Waals surface area contributed by atoms with Crippen molar-refractivity contribution in [3.63, 3.8) is 0 Å². The Kier molecular flexibility index (Phi) is 8.22. The van der Waals surface area contributed by atoms with Crippen LogP contribution in [0.2, 0.25) is 0 Å². The van der Waals surface area contributed by atoms with Crippen LogP contribution >= 0.6 is 0 Å². The van der Waals surface area contributed by atoms with Crippen LogP contribution in [0.1, 0.15) is 29.7 Å². The minimum Gasteiger partial charge on any atom is -0.439 e. The van der Waals surface area contributed by atoms with Crippen LogP contribution in [-0.2, 0) is 16.8 Å². The van der Waals surface area contributed by atoms with E-state index in [-0.39, 0.29) is 12.1 Å². The predicted octanol–water partition coefficient (Wildman–Crippen LogP) is 5.51. The molecule has 2 aromatic heterocycles. The molecule has 226 valence electrons. The van der Waals surface area contributed by atoms with Crippen LogP contribution in [-0.4, -0.2) is 54.7 Å². The van der Waals surface area contributed by atoms with E-state index in [1.54, 1.807) is 59.8 Å². The number of hydrogen-bond donors (Lipinski definition) is 2. The Morgan fingerprint density at radius 3 is 2.64 bits per heavy atom. The number of likely N-dealkylation sites (tertiary alicyclic amines) is 1. The van der Waals surface area contributed by atoms with Gasteiger partial charge in [0.2, 0.25) is 5.88 Å². The van der Waals surface area contributed by atoms with Crippen LogP contribution in [0.3, 0.4) is 0 Å². The SMILES string of the molecule is Cc1ccc(NC(=O)N(c2cccc(F)c2)C2CCN(Cc3ccc(Oc4ccc5c(c4)C=NS(=O)(=O)N5)nc3)CC2)cn1. The first kappa shape index (κ1) is 29.2. The van der Waals surface area contributed by atoms with Crippen molar-refractivity contribution in [3.05, 3.63) is 102 Å². The summed E-state index contributed by atoms with van der Waals surface area (Å²) in [7, 11) is -3.70. The third kappa shape index (κ3) is 7.01. The molecule has 0 bridgehead atoms. The third-order valence-electron chi connectivity index (χ3n) is 7.41. The standard InChI is InChI=1S/C31H30FN7O4S/c1-21-5-7-25(19-33-21)36-31(40)39(27-4-2-3-24(32)16-27)26-11-13-38(14-12-26)20-22-6-10-30(34-17-22)43-28-8-9-29-23(15-28)18-35-44(41,42)37-29/h2-10,15-19,26,37H,11-14,20H2,1H3,(H,36,40). The largest absolute Gasteiger partial charge is 0.439 e.